The highest BCUT2D eigenvalue weighted by atomic mass is 32.2. The maximum atomic E-state index is 12.1. The molecule has 6 heteroatoms. The van der Waals surface area contributed by atoms with Crippen molar-refractivity contribution in [1.29, 1.82) is 0 Å². The van der Waals surface area contributed by atoms with Gasteiger partial charge >= 0.3 is 0 Å². The minimum Gasteiger partial charge on any atom is -0.312 e. The molecule has 1 aliphatic carbocycles. The summed E-state index contributed by atoms with van der Waals surface area (Å²) in [5.41, 5.74) is 0. The first kappa shape index (κ1) is 15.0. The highest BCUT2D eigenvalue weighted by Crippen LogP contribution is 2.37. The van der Waals surface area contributed by atoms with Gasteiger partial charge in [-0.05, 0) is 37.3 Å². The third kappa shape index (κ3) is 4.27. The van der Waals surface area contributed by atoms with Gasteiger partial charge in [-0.25, -0.2) is 13.1 Å². The molecule has 2 unspecified atom stereocenters. The van der Waals surface area contributed by atoms with Crippen LogP contribution in [0, 0.1) is 11.8 Å². The van der Waals surface area contributed by atoms with Gasteiger partial charge in [-0.3, -0.25) is 0 Å². The predicted molar refractivity (Wildman–Crippen MR) is 78.8 cm³/mol. The average molecular weight is 302 g/mol. The number of rotatable bonds is 8. The van der Waals surface area contributed by atoms with Crippen molar-refractivity contribution in [3.05, 3.63) is 16.3 Å². The van der Waals surface area contributed by atoms with E-state index in [1.54, 1.807) is 11.4 Å². The topological polar surface area (TPSA) is 58.2 Å². The van der Waals surface area contributed by atoms with Crippen LogP contribution in [-0.4, -0.2) is 21.5 Å². The van der Waals surface area contributed by atoms with Gasteiger partial charge in [0.1, 0.15) is 0 Å². The number of nitrogens with one attached hydrogen (secondary N) is 2. The lowest BCUT2D eigenvalue weighted by molar-refractivity contribution is 0.575. The minimum absolute atomic E-state index is 0.402. The molecule has 19 heavy (non-hydrogen) atoms. The molecule has 1 aromatic rings. The predicted octanol–water partition coefficient (Wildman–Crippen LogP) is 2.18. The van der Waals surface area contributed by atoms with Gasteiger partial charge in [0.25, 0.3) is 0 Å². The fourth-order valence-electron chi connectivity index (χ4n) is 1.97. The summed E-state index contributed by atoms with van der Waals surface area (Å²) in [6.07, 6.45) is 2.22. The van der Waals surface area contributed by atoms with Crippen molar-refractivity contribution in [3.63, 3.8) is 0 Å². The Kier molecular flexibility index (Phi) is 5.00. The number of thiophene rings is 1. The summed E-state index contributed by atoms with van der Waals surface area (Å²) in [5.74, 6) is 1.19. The maximum Gasteiger partial charge on any atom is 0.241 e. The van der Waals surface area contributed by atoms with Crippen molar-refractivity contribution >= 4 is 21.4 Å². The zero-order chi connectivity index (χ0) is 13.9. The second-order valence-electron chi connectivity index (χ2n) is 5.25. The van der Waals surface area contributed by atoms with E-state index in [1.165, 1.54) is 11.3 Å². The van der Waals surface area contributed by atoms with Gasteiger partial charge in [-0.15, -0.1) is 11.3 Å². The van der Waals surface area contributed by atoms with E-state index in [2.05, 4.69) is 23.9 Å². The molecular formula is C13H22N2O2S2. The lowest BCUT2D eigenvalue weighted by Gasteiger charge is -2.03. The first-order valence-electron chi connectivity index (χ1n) is 6.80. The molecule has 0 bridgehead atoms. The van der Waals surface area contributed by atoms with E-state index >= 15 is 0 Å². The van der Waals surface area contributed by atoms with Gasteiger partial charge < -0.3 is 5.32 Å². The molecule has 108 valence electrons. The van der Waals surface area contributed by atoms with Crippen LogP contribution in [0.25, 0.3) is 0 Å². The van der Waals surface area contributed by atoms with Crippen LogP contribution in [0.1, 0.15) is 31.6 Å². The summed E-state index contributed by atoms with van der Waals surface area (Å²) in [5, 5.41) is 5.00. The molecule has 0 aromatic carbocycles. The van der Waals surface area contributed by atoms with Crippen LogP contribution in [0.15, 0.2) is 16.3 Å². The summed E-state index contributed by atoms with van der Waals surface area (Å²) < 4.78 is 26.9. The Morgan fingerprint density at radius 2 is 2.21 bits per heavy atom. The zero-order valence-corrected chi connectivity index (χ0v) is 13.1. The molecule has 4 nitrogen and oxygen atoms in total. The highest BCUT2D eigenvalue weighted by Gasteiger charge is 2.33. The molecule has 0 spiro atoms. The first-order chi connectivity index (χ1) is 9.03. The van der Waals surface area contributed by atoms with Crippen LogP contribution in [-0.2, 0) is 16.6 Å². The van der Waals surface area contributed by atoms with Gasteiger partial charge in [0.05, 0.1) is 4.90 Å². The standard InChI is InChI=1S/C13H22N2O2S2/c1-3-4-14-8-12-6-13(9-18-12)19(16,17)15-7-11-5-10(11)2/h6,9-11,14-15H,3-5,7-8H2,1-2H3. The number of hydrogen-bond acceptors (Lipinski definition) is 4. The molecule has 0 radical (unpaired) electrons. The largest absolute Gasteiger partial charge is 0.312 e. The summed E-state index contributed by atoms with van der Waals surface area (Å²) in [6, 6.07) is 1.77. The molecule has 1 heterocycles. The van der Waals surface area contributed by atoms with Crippen molar-refractivity contribution < 1.29 is 8.42 Å². The van der Waals surface area contributed by atoms with Crippen molar-refractivity contribution in [2.24, 2.45) is 11.8 Å². The third-order valence-corrected chi connectivity index (χ3v) is 5.97. The number of hydrogen-bond donors (Lipinski definition) is 2. The smallest absolute Gasteiger partial charge is 0.241 e. The van der Waals surface area contributed by atoms with E-state index in [1.807, 2.05) is 0 Å². The molecule has 2 atom stereocenters. The van der Waals surface area contributed by atoms with Crippen molar-refractivity contribution in [2.75, 3.05) is 13.1 Å². The van der Waals surface area contributed by atoms with Crippen molar-refractivity contribution in [1.82, 2.24) is 10.0 Å². The Labute approximate surface area is 119 Å². The molecule has 1 saturated carbocycles. The summed E-state index contributed by atoms with van der Waals surface area (Å²) in [6.45, 7) is 6.54. The number of sulfonamides is 1. The molecular weight excluding hydrogens is 280 g/mol. The minimum atomic E-state index is -3.32. The lowest BCUT2D eigenvalue weighted by atomic mass is 10.3. The van der Waals surface area contributed by atoms with Crippen LogP contribution in [0.2, 0.25) is 0 Å². The molecule has 2 N–H and O–H groups in total. The highest BCUT2D eigenvalue weighted by molar-refractivity contribution is 7.89. The van der Waals surface area contributed by atoms with Crippen LogP contribution in [0.5, 0.6) is 0 Å². The van der Waals surface area contributed by atoms with E-state index in [-0.39, 0.29) is 0 Å². The second kappa shape index (κ2) is 6.35. The van der Waals surface area contributed by atoms with E-state index in [0.717, 1.165) is 30.8 Å². The Bertz CT molecular complexity index is 510. The molecule has 1 aliphatic rings. The van der Waals surface area contributed by atoms with Crippen LogP contribution in [0.3, 0.4) is 0 Å². The zero-order valence-electron chi connectivity index (χ0n) is 11.5. The van der Waals surface area contributed by atoms with E-state index < -0.39 is 10.0 Å². The molecule has 0 amide bonds. The Balaban J connectivity index is 1.88. The fourth-order valence-corrected chi connectivity index (χ4v) is 4.31. The summed E-state index contributed by atoms with van der Waals surface area (Å²) in [4.78, 5) is 1.47. The average Bonchev–Trinajstić information content (AvgIpc) is 2.88. The van der Waals surface area contributed by atoms with Gasteiger partial charge in [-0.1, -0.05) is 13.8 Å². The van der Waals surface area contributed by atoms with Crippen molar-refractivity contribution in [2.45, 2.75) is 38.1 Å². The van der Waals surface area contributed by atoms with Crippen LogP contribution >= 0.6 is 11.3 Å². The van der Waals surface area contributed by atoms with E-state index in [9.17, 15) is 8.42 Å². The molecule has 1 fully saturated rings. The molecule has 2 rings (SSSR count). The first-order valence-corrected chi connectivity index (χ1v) is 9.17. The van der Waals surface area contributed by atoms with Gasteiger partial charge in [0, 0.05) is 23.3 Å². The fraction of sp³-hybridized carbons (Fsp3) is 0.692. The lowest BCUT2D eigenvalue weighted by Crippen LogP contribution is -2.25. The van der Waals surface area contributed by atoms with Gasteiger partial charge in [0.15, 0.2) is 0 Å². The van der Waals surface area contributed by atoms with Crippen LogP contribution < -0.4 is 10.0 Å². The second-order valence-corrected chi connectivity index (χ2v) is 8.01. The molecule has 0 aliphatic heterocycles. The maximum absolute atomic E-state index is 12.1. The Morgan fingerprint density at radius 1 is 1.47 bits per heavy atom. The Hall–Kier alpha value is -0.430. The monoisotopic (exact) mass is 302 g/mol. The van der Waals surface area contributed by atoms with Gasteiger partial charge in [-0.2, -0.15) is 0 Å². The molecule has 0 saturated heterocycles. The molecule has 1 aromatic heterocycles. The Morgan fingerprint density at radius 3 is 2.84 bits per heavy atom. The van der Waals surface area contributed by atoms with Gasteiger partial charge in [0.2, 0.25) is 10.0 Å². The van der Waals surface area contributed by atoms with E-state index in [0.29, 0.717) is 23.3 Å². The normalized spacial score (nSPS) is 22.6. The quantitative estimate of drug-likeness (QED) is 0.724. The third-order valence-electron chi connectivity index (χ3n) is 3.48. The summed E-state index contributed by atoms with van der Waals surface area (Å²) >= 11 is 1.50. The van der Waals surface area contributed by atoms with Crippen LogP contribution in [0.4, 0.5) is 0 Å². The van der Waals surface area contributed by atoms with Crippen molar-refractivity contribution in [3.8, 4) is 0 Å². The SMILES string of the molecule is CCCNCc1cc(S(=O)(=O)NCC2CC2C)cs1. The summed E-state index contributed by atoms with van der Waals surface area (Å²) in [7, 11) is -3.32. The van der Waals surface area contributed by atoms with E-state index in [4.69, 9.17) is 0 Å².